The first kappa shape index (κ1) is 26.4. The number of phenols is 1. The highest BCUT2D eigenvalue weighted by molar-refractivity contribution is 6.32. The van der Waals surface area contributed by atoms with Gasteiger partial charge in [0.15, 0.2) is 34.7 Å². The van der Waals surface area contributed by atoms with Gasteiger partial charge in [-0.3, -0.25) is 28.9 Å². The molecule has 0 bridgehead atoms. The highest BCUT2D eigenvalue weighted by atomic mass is 16.5. The van der Waals surface area contributed by atoms with Gasteiger partial charge in [-0.1, -0.05) is 0 Å². The third-order valence-electron chi connectivity index (χ3n) is 7.92. The molecule has 198 valence electrons. The number of phenolic OH excluding ortho intramolecular Hbond substituents is 1. The minimum absolute atomic E-state index is 0.0592. The van der Waals surface area contributed by atoms with Crippen LogP contribution in [0.25, 0.3) is 0 Å². The van der Waals surface area contributed by atoms with Gasteiger partial charge in [0.05, 0.1) is 24.6 Å². The van der Waals surface area contributed by atoms with Crippen LogP contribution in [0.5, 0.6) is 5.75 Å². The monoisotopic (exact) mass is 515 g/mol. The Balaban J connectivity index is 1.92. The van der Waals surface area contributed by atoms with E-state index in [0.717, 1.165) is 7.11 Å². The molecule has 1 amide bonds. The highest BCUT2D eigenvalue weighted by Crippen LogP contribution is 2.52. The summed E-state index contributed by atoms with van der Waals surface area (Å²) in [6.45, 7) is 0. The van der Waals surface area contributed by atoms with Crippen molar-refractivity contribution in [2.45, 2.75) is 24.5 Å². The molecule has 0 spiro atoms. The van der Waals surface area contributed by atoms with Crippen molar-refractivity contribution in [3.8, 4) is 5.75 Å². The van der Waals surface area contributed by atoms with Gasteiger partial charge >= 0.3 is 5.97 Å². The number of fused-ring (bicyclic) bond motifs is 3. The Morgan fingerprint density at radius 1 is 1.11 bits per heavy atom. The maximum atomic E-state index is 13.8. The number of carbonyl (C=O) groups excluding carboxylic acids is 6. The average Bonchev–Trinajstić information content (AvgIpc) is 2.80. The van der Waals surface area contributed by atoms with E-state index >= 15 is 0 Å². The summed E-state index contributed by atoms with van der Waals surface area (Å²) < 4.78 is 4.72. The quantitative estimate of drug-likeness (QED) is 0.320. The molecule has 37 heavy (non-hydrogen) atoms. The van der Waals surface area contributed by atoms with E-state index in [1.165, 1.54) is 25.1 Å². The third-order valence-corrected chi connectivity index (χ3v) is 7.92. The number of hydrogen-bond acceptors (Lipinski definition) is 11. The number of primary amides is 1. The number of ketones is 4. The molecule has 0 aliphatic heterocycles. The van der Waals surface area contributed by atoms with E-state index < -0.39 is 76.1 Å². The van der Waals surface area contributed by atoms with Crippen LogP contribution in [0.15, 0.2) is 6.07 Å². The second-order valence-corrected chi connectivity index (χ2v) is 10.3. The van der Waals surface area contributed by atoms with Gasteiger partial charge in [-0.2, -0.15) is 0 Å². The van der Waals surface area contributed by atoms with Crippen LogP contribution >= 0.6 is 0 Å². The normalized spacial score (nSPS) is 30.9. The molecule has 2 unspecified atom stereocenters. The summed E-state index contributed by atoms with van der Waals surface area (Å²) in [7, 11) is 7.51. The number of esters is 1. The Morgan fingerprint density at radius 2 is 1.73 bits per heavy atom. The van der Waals surface area contributed by atoms with E-state index in [9.17, 15) is 39.0 Å². The number of benzene rings is 1. The van der Waals surface area contributed by atoms with Gasteiger partial charge in [0.2, 0.25) is 5.91 Å². The lowest BCUT2D eigenvalue weighted by atomic mass is 9.52. The molecule has 3 aliphatic rings. The Labute approximate surface area is 212 Å². The van der Waals surface area contributed by atoms with Gasteiger partial charge in [-0.05, 0) is 44.5 Å². The van der Waals surface area contributed by atoms with E-state index in [-0.39, 0.29) is 24.0 Å². The molecule has 4 N–H and O–H groups in total. The molecule has 3 aliphatic carbocycles. The molecule has 1 aromatic rings. The predicted molar refractivity (Wildman–Crippen MR) is 127 cm³/mol. The molecular formula is C25H29N3O9. The van der Waals surface area contributed by atoms with Crippen LogP contribution in [0, 0.1) is 23.7 Å². The Hall–Kier alpha value is -3.64. The van der Waals surface area contributed by atoms with E-state index in [4.69, 9.17) is 10.5 Å². The summed E-state index contributed by atoms with van der Waals surface area (Å²) in [6, 6.07) is 0.215. The molecule has 0 radical (unpaired) electrons. The zero-order valence-electron chi connectivity index (χ0n) is 21.1. The minimum Gasteiger partial charge on any atom is -0.506 e. The topological polar surface area (TPSA) is 185 Å². The highest BCUT2D eigenvalue weighted by Gasteiger charge is 2.69. The number of Topliss-reactive ketones (excluding diaryl/α,β-unsaturated/α-hetero) is 4. The van der Waals surface area contributed by atoms with Crippen LogP contribution in [-0.2, 0) is 30.3 Å². The second kappa shape index (κ2) is 8.73. The second-order valence-electron chi connectivity index (χ2n) is 10.3. The van der Waals surface area contributed by atoms with Crippen molar-refractivity contribution in [1.82, 2.24) is 4.90 Å². The van der Waals surface area contributed by atoms with Gasteiger partial charge in [0.1, 0.15) is 11.3 Å². The number of aromatic hydroxyl groups is 1. The molecule has 0 aromatic heterocycles. The van der Waals surface area contributed by atoms with Crippen molar-refractivity contribution in [2.75, 3.05) is 40.2 Å². The SMILES string of the molecule is COC(=O)c1cc(N(C)C)c2c(c1O)C(=O)C1C(=O)[C@]3(O)C(=O)C(C(N)=O)C(=O)[C@@H](N(C)C)[C@@H]3C[C@@H]1C2. The van der Waals surface area contributed by atoms with E-state index in [1.807, 2.05) is 0 Å². The Kier molecular flexibility index (Phi) is 6.24. The van der Waals surface area contributed by atoms with E-state index in [1.54, 1.807) is 19.0 Å². The number of nitrogens with two attached hydrogens (primary N) is 1. The van der Waals surface area contributed by atoms with Crippen molar-refractivity contribution in [3.05, 3.63) is 22.8 Å². The van der Waals surface area contributed by atoms with Crippen LogP contribution in [0.1, 0.15) is 32.7 Å². The molecule has 2 saturated carbocycles. The number of aliphatic hydroxyl groups is 1. The number of anilines is 1. The Bertz CT molecular complexity index is 1270. The maximum Gasteiger partial charge on any atom is 0.341 e. The number of rotatable bonds is 4. The molecule has 12 heteroatoms. The summed E-state index contributed by atoms with van der Waals surface area (Å²) in [5.74, 6) is -12.5. The minimum atomic E-state index is -2.81. The predicted octanol–water partition coefficient (Wildman–Crippen LogP) is -1.28. The first-order chi connectivity index (χ1) is 17.2. The number of methoxy groups -OCH3 is 1. The van der Waals surface area contributed by atoms with E-state index in [0.29, 0.717) is 11.3 Å². The number of amides is 1. The number of likely N-dealkylation sites (N-methyl/N-ethyl adjacent to an activating group) is 1. The van der Waals surface area contributed by atoms with Gasteiger partial charge in [-0.25, -0.2) is 4.79 Å². The summed E-state index contributed by atoms with van der Waals surface area (Å²) in [5, 5.41) is 22.5. The zero-order valence-corrected chi connectivity index (χ0v) is 21.1. The molecule has 2 fully saturated rings. The summed E-state index contributed by atoms with van der Waals surface area (Å²) in [6.07, 6.45) is 0.0324. The van der Waals surface area contributed by atoms with Crippen LogP contribution in [0.4, 0.5) is 5.69 Å². The molecule has 6 atom stereocenters. The van der Waals surface area contributed by atoms with Crippen molar-refractivity contribution in [3.63, 3.8) is 0 Å². The molecular weight excluding hydrogens is 486 g/mol. The van der Waals surface area contributed by atoms with Gasteiger partial charge in [0.25, 0.3) is 0 Å². The fourth-order valence-electron chi connectivity index (χ4n) is 6.32. The van der Waals surface area contributed by atoms with Crippen LogP contribution in [0.2, 0.25) is 0 Å². The number of nitrogens with zero attached hydrogens (tertiary/aromatic N) is 2. The van der Waals surface area contributed by atoms with Crippen molar-refractivity contribution >= 4 is 40.7 Å². The molecule has 0 saturated heterocycles. The van der Waals surface area contributed by atoms with Crippen LogP contribution in [0.3, 0.4) is 0 Å². The number of ether oxygens (including phenoxy) is 1. The first-order valence-electron chi connectivity index (χ1n) is 11.7. The fourth-order valence-corrected chi connectivity index (χ4v) is 6.32. The maximum absolute atomic E-state index is 13.8. The van der Waals surface area contributed by atoms with Gasteiger partial charge < -0.3 is 25.6 Å². The smallest absolute Gasteiger partial charge is 0.341 e. The van der Waals surface area contributed by atoms with Crippen molar-refractivity contribution in [2.24, 2.45) is 29.4 Å². The van der Waals surface area contributed by atoms with E-state index in [2.05, 4.69) is 0 Å². The van der Waals surface area contributed by atoms with Crippen molar-refractivity contribution in [1.29, 1.82) is 0 Å². The first-order valence-corrected chi connectivity index (χ1v) is 11.7. The molecule has 4 rings (SSSR count). The largest absolute Gasteiger partial charge is 0.506 e. The number of hydrogen-bond donors (Lipinski definition) is 3. The fraction of sp³-hybridized carbons (Fsp3) is 0.520. The lowest BCUT2D eigenvalue weighted by molar-refractivity contribution is -0.181. The summed E-state index contributed by atoms with van der Waals surface area (Å²) in [4.78, 5) is 81.5. The Morgan fingerprint density at radius 3 is 2.24 bits per heavy atom. The lowest BCUT2D eigenvalue weighted by Gasteiger charge is -2.52. The third kappa shape index (κ3) is 3.50. The standard InChI is InChI=1S/C25H29N3O9/c1-27(2)13-8-11(24(35)37-5)18(29)15-10(13)6-9-7-12-17(28(3)4)20(31)16(23(26)34)22(33)25(12,36)21(32)14(9)19(15)30/h8-9,12,14,16-17,29,36H,6-7H2,1-5H3,(H2,26,34)/t9-,12-,14?,16?,17-,25-/m0/s1. The summed E-state index contributed by atoms with van der Waals surface area (Å²) >= 11 is 0. The average molecular weight is 516 g/mol. The molecule has 1 aromatic carbocycles. The van der Waals surface area contributed by atoms with Crippen molar-refractivity contribution < 1.29 is 43.7 Å². The van der Waals surface area contributed by atoms with Crippen LogP contribution < -0.4 is 10.6 Å². The van der Waals surface area contributed by atoms with Crippen LogP contribution in [-0.4, -0.2) is 97.1 Å². The molecule has 12 nitrogen and oxygen atoms in total. The van der Waals surface area contributed by atoms with Gasteiger partial charge in [-0.15, -0.1) is 0 Å². The zero-order chi connectivity index (χ0) is 27.7. The lowest BCUT2D eigenvalue weighted by Crippen LogP contribution is -2.74. The van der Waals surface area contributed by atoms with Gasteiger partial charge in [0, 0.05) is 25.7 Å². The number of carbonyl (C=O) groups is 6. The summed E-state index contributed by atoms with van der Waals surface area (Å²) in [5.41, 5.74) is 2.80. The molecule has 0 heterocycles.